The largest absolute Gasteiger partial charge is 0.506 e. The Kier molecular flexibility index (Phi) is 5.21. The average molecular weight is 388 g/mol. The Hall–Kier alpha value is -3.34. The Labute approximate surface area is 170 Å². The van der Waals surface area contributed by atoms with Crippen LogP contribution in [-0.2, 0) is 4.79 Å². The SMILES string of the molecule is Cc1ccc(NC(=O)C2CCN(C(=O)c3cccc4ccccc34)CC2)c(O)c1. The molecule has 29 heavy (non-hydrogen) atoms. The van der Waals surface area contributed by atoms with Gasteiger partial charge in [-0.2, -0.15) is 0 Å². The van der Waals surface area contributed by atoms with Crippen LogP contribution in [0.2, 0.25) is 0 Å². The summed E-state index contributed by atoms with van der Waals surface area (Å²) < 4.78 is 0. The molecule has 2 N–H and O–H groups in total. The third kappa shape index (κ3) is 3.94. The molecule has 0 unspecified atom stereocenters. The van der Waals surface area contributed by atoms with Gasteiger partial charge in [-0.3, -0.25) is 9.59 Å². The maximum atomic E-state index is 13.1. The molecule has 4 rings (SSSR count). The van der Waals surface area contributed by atoms with Crippen LogP contribution in [0.4, 0.5) is 5.69 Å². The van der Waals surface area contributed by atoms with E-state index in [0.717, 1.165) is 16.3 Å². The first-order valence-electron chi connectivity index (χ1n) is 9.90. The molecule has 1 aliphatic rings. The summed E-state index contributed by atoms with van der Waals surface area (Å²) in [6.07, 6.45) is 1.21. The maximum absolute atomic E-state index is 13.1. The van der Waals surface area contributed by atoms with E-state index in [1.54, 1.807) is 12.1 Å². The van der Waals surface area contributed by atoms with Gasteiger partial charge in [0.1, 0.15) is 5.75 Å². The number of nitrogens with one attached hydrogen (secondary N) is 1. The van der Waals surface area contributed by atoms with Crippen molar-refractivity contribution in [1.82, 2.24) is 4.90 Å². The second-order valence-corrected chi connectivity index (χ2v) is 7.60. The molecule has 0 atom stereocenters. The van der Waals surface area contributed by atoms with Gasteiger partial charge < -0.3 is 15.3 Å². The zero-order valence-corrected chi connectivity index (χ0v) is 16.4. The predicted molar refractivity (Wildman–Crippen MR) is 114 cm³/mol. The lowest BCUT2D eigenvalue weighted by Gasteiger charge is -2.31. The van der Waals surface area contributed by atoms with Gasteiger partial charge in [-0.1, -0.05) is 42.5 Å². The maximum Gasteiger partial charge on any atom is 0.254 e. The van der Waals surface area contributed by atoms with Crippen molar-refractivity contribution in [2.24, 2.45) is 5.92 Å². The fourth-order valence-electron chi connectivity index (χ4n) is 3.91. The summed E-state index contributed by atoms with van der Waals surface area (Å²) in [5.74, 6) is -0.201. The van der Waals surface area contributed by atoms with Gasteiger partial charge in [0.2, 0.25) is 5.91 Å². The molecule has 3 aromatic rings. The first kappa shape index (κ1) is 19.0. The zero-order chi connectivity index (χ0) is 20.4. The van der Waals surface area contributed by atoms with Crippen LogP contribution in [0.1, 0.15) is 28.8 Å². The van der Waals surface area contributed by atoms with E-state index in [0.29, 0.717) is 37.2 Å². The average Bonchev–Trinajstić information content (AvgIpc) is 2.75. The molecule has 1 saturated heterocycles. The number of anilines is 1. The molecule has 0 aromatic heterocycles. The van der Waals surface area contributed by atoms with Crippen LogP contribution in [0, 0.1) is 12.8 Å². The van der Waals surface area contributed by atoms with Crippen molar-refractivity contribution in [2.45, 2.75) is 19.8 Å². The number of phenols is 1. The summed E-state index contributed by atoms with van der Waals surface area (Å²) in [4.78, 5) is 27.5. The summed E-state index contributed by atoms with van der Waals surface area (Å²) in [7, 11) is 0. The molecule has 0 radical (unpaired) electrons. The van der Waals surface area contributed by atoms with Crippen LogP contribution in [0.5, 0.6) is 5.75 Å². The Balaban J connectivity index is 1.41. The number of aryl methyl sites for hydroxylation is 1. The fourth-order valence-corrected chi connectivity index (χ4v) is 3.91. The molecule has 0 saturated carbocycles. The van der Waals surface area contributed by atoms with Crippen molar-refractivity contribution in [3.05, 3.63) is 71.8 Å². The molecule has 5 heteroatoms. The van der Waals surface area contributed by atoms with E-state index < -0.39 is 0 Å². The highest BCUT2D eigenvalue weighted by molar-refractivity contribution is 6.07. The minimum Gasteiger partial charge on any atom is -0.506 e. The molecular weight excluding hydrogens is 364 g/mol. The van der Waals surface area contributed by atoms with E-state index in [1.807, 2.05) is 60.4 Å². The number of likely N-dealkylation sites (tertiary alicyclic amines) is 1. The molecular formula is C24H24N2O3. The number of fused-ring (bicyclic) bond motifs is 1. The lowest BCUT2D eigenvalue weighted by atomic mass is 9.94. The molecule has 1 aliphatic heterocycles. The van der Waals surface area contributed by atoms with Crippen molar-refractivity contribution >= 4 is 28.3 Å². The van der Waals surface area contributed by atoms with Gasteiger partial charge in [-0.15, -0.1) is 0 Å². The minimum atomic E-state index is -0.174. The minimum absolute atomic E-state index is 0.0110. The number of hydrogen-bond donors (Lipinski definition) is 2. The molecule has 148 valence electrons. The number of carbonyl (C=O) groups is 2. The first-order valence-corrected chi connectivity index (χ1v) is 9.90. The Morgan fingerprint density at radius 2 is 1.72 bits per heavy atom. The molecule has 0 aliphatic carbocycles. The summed E-state index contributed by atoms with van der Waals surface area (Å²) in [6, 6.07) is 18.8. The molecule has 1 fully saturated rings. The molecule has 0 spiro atoms. The second-order valence-electron chi connectivity index (χ2n) is 7.60. The van der Waals surface area contributed by atoms with Crippen molar-refractivity contribution in [3.8, 4) is 5.75 Å². The summed E-state index contributed by atoms with van der Waals surface area (Å²) >= 11 is 0. The van der Waals surface area contributed by atoms with E-state index in [2.05, 4.69) is 5.32 Å². The van der Waals surface area contributed by atoms with Crippen molar-refractivity contribution in [2.75, 3.05) is 18.4 Å². The van der Waals surface area contributed by atoms with E-state index in [-0.39, 0.29) is 23.5 Å². The summed E-state index contributed by atoms with van der Waals surface area (Å²) in [5, 5.41) is 14.8. The zero-order valence-electron chi connectivity index (χ0n) is 16.4. The van der Waals surface area contributed by atoms with E-state index >= 15 is 0 Å². The van der Waals surface area contributed by atoms with Gasteiger partial charge in [-0.05, 0) is 54.3 Å². The van der Waals surface area contributed by atoms with E-state index in [1.165, 1.54) is 0 Å². The van der Waals surface area contributed by atoms with Crippen molar-refractivity contribution < 1.29 is 14.7 Å². The third-order valence-corrected chi connectivity index (χ3v) is 5.58. The van der Waals surface area contributed by atoms with Crippen LogP contribution in [-0.4, -0.2) is 34.9 Å². The fraction of sp³-hybridized carbons (Fsp3) is 0.250. The molecule has 5 nitrogen and oxygen atoms in total. The van der Waals surface area contributed by atoms with Crippen LogP contribution in [0.25, 0.3) is 10.8 Å². The van der Waals surface area contributed by atoms with Gasteiger partial charge in [0, 0.05) is 24.6 Å². The normalized spacial score (nSPS) is 14.7. The third-order valence-electron chi connectivity index (χ3n) is 5.58. The van der Waals surface area contributed by atoms with Crippen molar-refractivity contribution in [1.29, 1.82) is 0 Å². The number of aromatic hydroxyl groups is 1. The van der Waals surface area contributed by atoms with Crippen LogP contribution in [0.15, 0.2) is 60.7 Å². The molecule has 2 amide bonds. The van der Waals surface area contributed by atoms with Gasteiger partial charge >= 0.3 is 0 Å². The summed E-state index contributed by atoms with van der Waals surface area (Å²) in [5.41, 5.74) is 2.06. The topological polar surface area (TPSA) is 69.6 Å². The Morgan fingerprint density at radius 3 is 2.48 bits per heavy atom. The van der Waals surface area contributed by atoms with Crippen LogP contribution in [0.3, 0.4) is 0 Å². The monoisotopic (exact) mass is 388 g/mol. The number of carbonyl (C=O) groups excluding carboxylic acids is 2. The highest BCUT2D eigenvalue weighted by Gasteiger charge is 2.28. The summed E-state index contributed by atoms with van der Waals surface area (Å²) in [6.45, 7) is 2.97. The van der Waals surface area contributed by atoms with Gasteiger partial charge in [0.25, 0.3) is 5.91 Å². The van der Waals surface area contributed by atoms with Crippen molar-refractivity contribution in [3.63, 3.8) is 0 Å². The number of nitrogens with zero attached hydrogens (tertiary/aromatic N) is 1. The Morgan fingerprint density at radius 1 is 1.00 bits per heavy atom. The highest BCUT2D eigenvalue weighted by atomic mass is 16.3. The Bertz CT molecular complexity index is 1060. The van der Waals surface area contributed by atoms with Crippen LogP contribution >= 0.6 is 0 Å². The smallest absolute Gasteiger partial charge is 0.254 e. The number of hydrogen-bond acceptors (Lipinski definition) is 3. The standard InChI is InChI=1S/C24H24N2O3/c1-16-9-10-21(22(27)15-16)25-23(28)18-11-13-26(14-12-18)24(29)20-8-4-6-17-5-2-3-7-19(17)20/h2-10,15,18,27H,11-14H2,1H3,(H,25,28). The van der Waals surface area contributed by atoms with Gasteiger partial charge in [0.05, 0.1) is 5.69 Å². The lowest BCUT2D eigenvalue weighted by Crippen LogP contribution is -2.41. The quantitative estimate of drug-likeness (QED) is 0.656. The second kappa shape index (κ2) is 7.95. The van der Waals surface area contributed by atoms with E-state index in [4.69, 9.17) is 0 Å². The number of piperidine rings is 1. The van der Waals surface area contributed by atoms with E-state index in [9.17, 15) is 14.7 Å². The highest BCUT2D eigenvalue weighted by Crippen LogP contribution is 2.27. The number of phenolic OH excluding ortho intramolecular Hbond substituents is 1. The molecule has 0 bridgehead atoms. The first-order chi connectivity index (χ1) is 14.0. The van der Waals surface area contributed by atoms with Gasteiger partial charge in [0.15, 0.2) is 0 Å². The molecule has 1 heterocycles. The lowest BCUT2D eigenvalue weighted by molar-refractivity contribution is -0.121. The predicted octanol–water partition coefficient (Wildman–Crippen LogP) is 4.34. The molecule has 3 aromatic carbocycles. The number of amides is 2. The van der Waals surface area contributed by atoms with Gasteiger partial charge in [-0.25, -0.2) is 0 Å². The number of rotatable bonds is 3. The van der Waals surface area contributed by atoms with Crippen LogP contribution < -0.4 is 5.32 Å². The number of benzene rings is 3.